The molecule has 18 nitrogen and oxygen atoms in total. The molecule has 0 spiro atoms. The lowest BCUT2D eigenvalue weighted by Gasteiger charge is -2.06. The van der Waals surface area contributed by atoms with Crippen molar-refractivity contribution in [1.29, 1.82) is 0 Å². The van der Waals surface area contributed by atoms with Gasteiger partial charge in [0.05, 0.1) is 114 Å². The summed E-state index contributed by atoms with van der Waals surface area (Å²) in [5, 5.41) is 6.95. The predicted molar refractivity (Wildman–Crippen MR) is 158 cm³/mol. The van der Waals surface area contributed by atoms with Crippen molar-refractivity contribution in [2.45, 2.75) is 13.1 Å². The maximum absolute atomic E-state index is 12.9. The Morgan fingerprint density at radius 1 is 0.477 bits per heavy atom. The molecule has 0 saturated carbocycles. The van der Waals surface area contributed by atoms with Crippen molar-refractivity contribution >= 4 is 21.5 Å². The van der Waals surface area contributed by atoms with E-state index in [1.54, 1.807) is 0 Å². The van der Waals surface area contributed by atoms with Gasteiger partial charge in [0.15, 0.2) is 0 Å². The van der Waals surface area contributed by atoms with Gasteiger partial charge in [0.1, 0.15) is 0 Å². The molecule has 0 aliphatic carbocycles. The SMILES string of the molecule is [N-]=[N+]=NCCOCCOCCOCCn1c(=O)c2cc3c(=O)n(CCOCCOCCOCCN=[N+]=[N-])c(=O)c3cc2c1=O. The van der Waals surface area contributed by atoms with Crippen LogP contribution in [0, 0.1) is 0 Å². The lowest BCUT2D eigenvalue weighted by atomic mass is 10.1. The Morgan fingerprint density at radius 3 is 1.05 bits per heavy atom. The quantitative estimate of drug-likeness (QED) is 0.0588. The average Bonchev–Trinajstić information content (AvgIpc) is 3.40. The third kappa shape index (κ3) is 9.97. The van der Waals surface area contributed by atoms with Crippen LogP contribution in [-0.2, 0) is 41.5 Å². The Balaban J connectivity index is 1.44. The van der Waals surface area contributed by atoms with Crippen LogP contribution in [0.2, 0.25) is 0 Å². The molecule has 3 aromatic rings. The summed E-state index contributed by atoms with van der Waals surface area (Å²) in [5.41, 5.74) is 14.1. The highest BCUT2D eigenvalue weighted by molar-refractivity contribution is 5.97. The van der Waals surface area contributed by atoms with E-state index in [0.29, 0.717) is 39.6 Å². The molecule has 0 radical (unpaired) electrons. The summed E-state index contributed by atoms with van der Waals surface area (Å²) >= 11 is 0. The lowest BCUT2D eigenvalue weighted by Crippen LogP contribution is -2.28. The zero-order chi connectivity index (χ0) is 31.6. The summed E-state index contributed by atoms with van der Waals surface area (Å²) in [6.07, 6.45) is 0. The van der Waals surface area contributed by atoms with Crippen molar-refractivity contribution in [1.82, 2.24) is 9.13 Å². The van der Waals surface area contributed by atoms with Crippen LogP contribution in [0.15, 0.2) is 41.5 Å². The first-order valence-electron chi connectivity index (χ1n) is 13.9. The van der Waals surface area contributed by atoms with Gasteiger partial charge in [-0.1, -0.05) is 10.2 Å². The summed E-state index contributed by atoms with van der Waals surface area (Å²) in [6, 6.07) is 2.61. The van der Waals surface area contributed by atoms with Gasteiger partial charge in [0, 0.05) is 22.9 Å². The van der Waals surface area contributed by atoms with Gasteiger partial charge in [-0.2, -0.15) is 0 Å². The smallest absolute Gasteiger partial charge is 0.261 e. The number of rotatable bonds is 24. The number of azide groups is 2. The summed E-state index contributed by atoms with van der Waals surface area (Å²) in [7, 11) is 0. The zero-order valence-electron chi connectivity index (χ0n) is 24.1. The molecule has 1 aromatic carbocycles. The molecule has 3 rings (SSSR count). The maximum atomic E-state index is 12.9. The molecular weight excluding hydrogens is 584 g/mol. The van der Waals surface area contributed by atoms with Crippen molar-refractivity contribution in [3.63, 3.8) is 0 Å². The highest BCUT2D eigenvalue weighted by atomic mass is 16.5. The predicted octanol–water partition coefficient (Wildman–Crippen LogP) is 0.633. The van der Waals surface area contributed by atoms with Crippen LogP contribution < -0.4 is 22.2 Å². The Morgan fingerprint density at radius 2 is 0.750 bits per heavy atom. The Hall–Kier alpha value is -4.12. The van der Waals surface area contributed by atoms with Crippen molar-refractivity contribution in [2.75, 3.05) is 92.4 Å². The summed E-state index contributed by atoms with van der Waals surface area (Å²) < 4.78 is 34.1. The van der Waals surface area contributed by atoms with E-state index in [9.17, 15) is 19.2 Å². The molecule has 238 valence electrons. The molecule has 0 amide bonds. The Kier molecular flexibility index (Phi) is 15.0. The van der Waals surface area contributed by atoms with Crippen molar-refractivity contribution < 1.29 is 28.4 Å². The fraction of sp³-hybridized carbons (Fsp3) is 0.615. The fourth-order valence-corrected chi connectivity index (χ4v) is 4.18. The number of aromatic nitrogens is 2. The normalized spacial score (nSPS) is 11.3. The third-order valence-corrected chi connectivity index (χ3v) is 6.26. The average molecular weight is 619 g/mol. The first-order chi connectivity index (χ1) is 21.5. The minimum atomic E-state index is -0.561. The van der Waals surface area contributed by atoms with Crippen LogP contribution in [0.4, 0.5) is 0 Å². The number of nitrogens with zero attached hydrogens (tertiary/aromatic N) is 8. The minimum Gasteiger partial charge on any atom is -0.379 e. The van der Waals surface area contributed by atoms with E-state index in [1.165, 1.54) is 12.1 Å². The minimum absolute atomic E-state index is 0.000943. The second-order valence-electron chi connectivity index (χ2n) is 9.05. The molecule has 18 heteroatoms. The molecule has 44 heavy (non-hydrogen) atoms. The monoisotopic (exact) mass is 618 g/mol. The number of benzene rings is 1. The van der Waals surface area contributed by atoms with Crippen LogP contribution in [-0.4, -0.2) is 102 Å². The van der Waals surface area contributed by atoms with Crippen LogP contribution in [0.1, 0.15) is 0 Å². The first-order valence-corrected chi connectivity index (χ1v) is 13.9. The van der Waals surface area contributed by atoms with E-state index >= 15 is 0 Å². The molecule has 0 saturated heterocycles. The van der Waals surface area contributed by atoms with Crippen molar-refractivity contribution in [2.24, 2.45) is 10.2 Å². The van der Waals surface area contributed by atoms with Crippen molar-refractivity contribution in [3.05, 3.63) is 74.4 Å². The molecule has 2 aromatic heterocycles. The van der Waals surface area contributed by atoms with Gasteiger partial charge in [0.25, 0.3) is 22.2 Å². The molecule has 0 fully saturated rings. The van der Waals surface area contributed by atoms with E-state index in [0.717, 1.165) is 9.13 Å². The van der Waals surface area contributed by atoms with Crippen LogP contribution in [0.5, 0.6) is 0 Å². The van der Waals surface area contributed by atoms with Gasteiger partial charge in [-0.15, -0.1) is 0 Å². The molecular formula is C26H34N8O10. The van der Waals surface area contributed by atoms with Gasteiger partial charge in [-0.25, -0.2) is 0 Å². The molecule has 0 aliphatic heterocycles. The first kappa shape index (κ1) is 34.4. The van der Waals surface area contributed by atoms with E-state index in [4.69, 9.17) is 39.5 Å². The summed E-state index contributed by atoms with van der Waals surface area (Å²) in [5.74, 6) is 0. The number of ether oxygens (including phenoxy) is 6. The highest BCUT2D eigenvalue weighted by Crippen LogP contribution is 2.14. The van der Waals surface area contributed by atoms with Gasteiger partial charge < -0.3 is 28.4 Å². The number of hydrogen-bond acceptors (Lipinski definition) is 12. The molecule has 0 N–H and O–H groups in total. The van der Waals surface area contributed by atoms with Crippen molar-refractivity contribution in [3.8, 4) is 0 Å². The standard InChI is InChI=1S/C26H34N8O10/c27-31-29-1-5-39-9-13-43-15-11-41-7-3-33-23(35)19-17-21-22(18-20(19)24(33)36)26(38)34(25(21)37)4-8-42-12-16-44-14-10-40-6-2-30-32-28/h17-18H,1-16H2. The van der Waals surface area contributed by atoms with Gasteiger partial charge in [-0.05, 0) is 23.2 Å². The Labute approximate surface area is 249 Å². The summed E-state index contributed by atoms with van der Waals surface area (Å²) in [4.78, 5) is 56.9. The molecule has 0 unspecified atom stereocenters. The van der Waals surface area contributed by atoms with Gasteiger partial charge in [-0.3, -0.25) is 28.3 Å². The molecule has 2 heterocycles. The second-order valence-corrected chi connectivity index (χ2v) is 9.05. The summed E-state index contributed by atoms with van der Waals surface area (Å²) in [6.45, 7) is 3.67. The topological polar surface area (TPSA) is 231 Å². The highest BCUT2D eigenvalue weighted by Gasteiger charge is 2.19. The van der Waals surface area contributed by atoms with Gasteiger partial charge >= 0.3 is 0 Å². The van der Waals surface area contributed by atoms with Crippen LogP contribution in [0.25, 0.3) is 42.4 Å². The lowest BCUT2D eigenvalue weighted by molar-refractivity contribution is 0.0144. The van der Waals surface area contributed by atoms with E-state index in [2.05, 4.69) is 20.1 Å². The number of fused-ring (bicyclic) bond motifs is 2. The van der Waals surface area contributed by atoms with E-state index < -0.39 is 22.2 Å². The third-order valence-electron chi connectivity index (χ3n) is 6.26. The van der Waals surface area contributed by atoms with E-state index in [-0.39, 0.29) is 87.4 Å². The van der Waals surface area contributed by atoms with Crippen LogP contribution in [0.3, 0.4) is 0 Å². The fourth-order valence-electron chi connectivity index (χ4n) is 4.18. The Bertz CT molecular complexity index is 1450. The zero-order valence-corrected chi connectivity index (χ0v) is 24.1. The molecule has 0 aliphatic rings. The maximum Gasteiger partial charge on any atom is 0.261 e. The second kappa shape index (κ2) is 19.2. The molecule has 0 atom stereocenters. The van der Waals surface area contributed by atoms with Gasteiger partial charge in [0.2, 0.25) is 0 Å². The number of hydrogen-bond donors (Lipinski definition) is 0. The van der Waals surface area contributed by atoms with E-state index in [1.807, 2.05) is 0 Å². The van der Waals surface area contributed by atoms with Crippen LogP contribution >= 0.6 is 0 Å². The molecule has 0 bridgehead atoms. The largest absolute Gasteiger partial charge is 0.379 e.